The summed E-state index contributed by atoms with van der Waals surface area (Å²) in [7, 11) is 7.76. The molecule has 284 valence electrons. The highest BCUT2D eigenvalue weighted by Crippen LogP contribution is 2.37. The van der Waals surface area contributed by atoms with E-state index >= 15 is 0 Å². The number of carbonyl (C=O) groups excluding carboxylic acids is 2. The summed E-state index contributed by atoms with van der Waals surface area (Å²) in [6.45, 7) is 2.30. The molecule has 1 fully saturated rings. The van der Waals surface area contributed by atoms with Crippen LogP contribution in [0.15, 0.2) is 91.0 Å². The highest BCUT2D eigenvalue weighted by molar-refractivity contribution is 6.31. The zero-order valence-corrected chi connectivity index (χ0v) is 31.1. The lowest BCUT2D eigenvalue weighted by Crippen LogP contribution is -2.22. The highest BCUT2D eigenvalue weighted by atomic mass is 35.5. The SMILES string of the molecule is CN(C)CCOc1cccc(OC2CCCC2)c1C(=O)Nc1ccc(Cl)c(C(F)(F)F)c1.CN(C)CCOc1ccccc1C(=O)Nc1ccccc1. The van der Waals surface area contributed by atoms with Gasteiger partial charge in [0.15, 0.2) is 0 Å². The van der Waals surface area contributed by atoms with Gasteiger partial charge in [-0.1, -0.05) is 48.0 Å². The average molecular weight is 755 g/mol. The molecule has 1 saturated carbocycles. The van der Waals surface area contributed by atoms with Crippen molar-refractivity contribution in [3.8, 4) is 17.2 Å². The van der Waals surface area contributed by atoms with Gasteiger partial charge in [0, 0.05) is 24.5 Å². The van der Waals surface area contributed by atoms with Crippen LogP contribution in [0.5, 0.6) is 17.2 Å². The third-order valence-electron chi connectivity index (χ3n) is 8.10. The highest BCUT2D eigenvalue weighted by Gasteiger charge is 2.34. The summed E-state index contributed by atoms with van der Waals surface area (Å²) < 4.78 is 57.2. The van der Waals surface area contributed by atoms with E-state index in [1.54, 1.807) is 24.3 Å². The van der Waals surface area contributed by atoms with E-state index in [9.17, 15) is 22.8 Å². The van der Waals surface area contributed by atoms with Crippen LogP contribution in [0, 0.1) is 0 Å². The molecule has 2 amide bonds. The van der Waals surface area contributed by atoms with Gasteiger partial charge >= 0.3 is 6.18 Å². The maximum atomic E-state index is 13.2. The molecule has 0 heterocycles. The van der Waals surface area contributed by atoms with E-state index in [0.717, 1.165) is 50.0 Å². The van der Waals surface area contributed by atoms with Gasteiger partial charge in [-0.05, 0) is 108 Å². The zero-order chi connectivity index (χ0) is 38.4. The standard InChI is InChI=1S/C23H26ClF3N2O3.C17H20N2O2/c1-29(2)12-13-31-19-8-5-9-20(32-16-6-3-4-7-16)21(19)22(30)28-15-10-11-18(24)17(14-15)23(25,26)27;1-19(2)12-13-21-16-11-7-6-10-15(16)17(20)18-14-8-4-3-5-9-14/h5,8-11,14,16H,3-4,6-7,12-13H2,1-2H3,(H,28,30);3-11H,12-13H2,1-2H3,(H,18,20). The Bertz CT molecular complexity index is 1780. The first kappa shape index (κ1) is 41.0. The van der Waals surface area contributed by atoms with Crippen LogP contribution in [0.2, 0.25) is 5.02 Å². The Morgan fingerprint density at radius 1 is 0.717 bits per heavy atom. The van der Waals surface area contributed by atoms with Gasteiger partial charge in [-0.3, -0.25) is 9.59 Å². The van der Waals surface area contributed by atoms with Gasteiger partial charge in [0.1, 0.15) is 36.0 Å². The number of amides is 2. The Morgan fingerprint density at radius 2 is 1.28 bits per heavy atom. The van der Waals surface area contributed by atoms with Crippen molar-refractivity contribution < 1.29 is 37.0 Å². The zero-order valence-electron chi connectivity index (χ0n) is 30.3. The van der Waals surface area contributed by atoms with Gasteiger partial charge < -0.3 is 34.6 Å². The Hall–Kier alpha value is -4.78. The minimum Gasteiger partial charge on any atom is -0.491 e. The lowest BCUT2D eigenvalue weighted by atomic mass is 10.1. The van der Waals surface area contributed by atoms with Crippen molar-refractivity contribution in [2.75, 3.05) is 65.1 Å². The van der Waals surface area contributed by atoms with Crippen molar-refractivity contribution in [1.82, 2.24) is 9.80 Å². The van der Waals surface area contributed by atoms with Crippen molar-refractivity contribution >= 4 is 34.8 Å². The lowest BCUT2D eigenvalue weighted by Gasteiger charge is -2.20. The summed E-state index contributed by atoms with van der Waals surface area (Å²) in [5.41, 5.74) is 0.420. The number of anilines is 2. The molecule has 0 aliphatic heterocycles. The number of hydrogen-bond donors (Lipinski definition) is 2. The van der Waals surface area contributed by atoms with E-state index in [1.165, 1.54) is 6.07 Å². The molecular weight excluding hydrogens is 709 g/mol. The molecule has 13 heteroatoms. The first-order chi connectivity index (χ1) is 25.3. The average Bonchev–Trinajstić information content (AvgIpc) is 3.62. The van der Waals surface area contributed by atoms with Crippen LogP contribution in [-0.2, 0) is 6.18 Å². The minimum atomic E-state index is -4.64. The van der Waals surface area contributed by atoms with E-state index in [2.05, 4.69) is 10.6 Å². The second-order valence-corrected chi connectivity index (χ2v) is 13.3. The number of benzene rings is 4. The minimum absolute atomic E-state index is 0.00839. The first-order valence-corrected chi connectivity index (χ1v) is 17.7. The van der Waals surface area contributed by atoms with Crippen LogP contribution in [0.25, 0.3) is 0 Å². The maximum absolute atomic E-state index is 13.2. The number of alkyl halides is 3. The maximum Gasteiger partial charge on any atom is 0.417 e. The van der Waals surface area contributed by atoms with E-state index in [-0.39, 0.29) is 23.3 Å². The topological polar surface area (TPSA) is 92.4 Å². The third kappa shape index (κ3) is 13.0. The number of nitrogens with zero attached hydrogens (tertiary/aromatic N) is 2. The molecule has 9 nitrogen and oxygen atoms in total. The van der Waals surface area contributed by atoms with E-state index in [1.807, 2.05) is 86.5 Å². The molecule has 0 aromatic heterocycles. The molecule has 0 saturated heterocycles. The number of carbonyl (C=O) groups is 2. The summed E-state index contributed by atoms with van der Waals surface area (Å²) in [5.74, 6) is 0.481. The molecule has 0 unspecified atom stereocenters. The molecule has 4 aromatic rings. The number of para-hydroxylation sites is 2. The number of nitrogens with one attached hydrogen (secondary N) is 2. The van der Waals surface area contributed by atoms with Crippen molar-refractivity contribution in [2.45, 2.75) is 38.0 Å². The molecule has 2 N–H and O–H groups in total. The summed E-state index contributed by atoms with van der Waals surface area (Å²) in [6, 6.07) is 25.0. The monoisotopic (exact) mass is 754 g/mol. The molecule has 1 aliphatic carbocycles. The number of likely N-dealkylation sites (N-methyl/N-ethyl adjacent to an activating group) is 2. The van der Waals surface area contributed by atoms with Gasteiger partial charge in [0.25, 0.3) is 11.8 Å². The largest absolute Gasteiger partial charge is 0.491 e. The molecule has 0 atom stereocenters. The molecule has 0 bridgehead atoms. The predicted molar refractivity (Wildman–Crippen MR) is 203 cm³/mol. The second kappa shape index (κ2) is 19.9. The van der Waals surface area contributed by atoms with Gasteiger partial charge in [-0.25, -0.2) is 0 Å². The lowest BCUT2D eigenvalue weighted by molar-refractivity contribution is -0.137. The summed E-state index contributed by atoms with van der Waals surface area (Å²) >= 11 is 5.69. The fourth-order valence-electron chi connectivity index (χ4n) is 5.33. The van der Waals surface area contributed by atoms with Crippen LogP contribution in [0.4, 0.5) is 24.5 Å². The summed E-state index contributed by atoms with van der Waals surface area (Å²) in [4.78, 5) is 29.5. The van der Waals surface area contributed by atoms with Crippen LogP contribution < -0.4 is 24.8 Å². The number of ether oxygens (including phenoxy) is 3. The number of hydrogen-bond acceptors (Lipinski definition) is 7. The van der Waals surface area contributed by atoms with Gasteiger partial charge in [-0.15, -0.1) is 0 Å². The van der Waals surface area contributed by atoms with Crippen LogP contribution >= 0.6 is 11.6 Å². The van der Waals surface area contributed by atoms with Crippen molar-refractivity contribution in [1.29, 1.82) is 0 Å². The van der Waals surface area contributed by atoms with Crippen LogP contribution in [-0.4, -0.2) is 82.2 Å². The third-order valence-corrected chi connectivity index (χ3v) is 8.43. The van der Waals surface area contributed by atoms with E-state index in [4.69, 9.17) is 25.8 Å². The normalized spacial score (nSPS) is 12.9. The summed E-state index contributed by atoms with van der Waals surface area (Å²) in [5, 5.41) is 4.97. The Kier molecular flexibility index (Phi) is 15.4. The second-order valence-electron chi connectivity index (χ2n) is 12.9. The van der Waals surface area contributed by atoms with Gasteiger partial charge in [0.2, 0.25) is 0 Å². The van der Waals surface area contributed by atoms with Crippen molar-refractivity contribution in [3.63, 3.8) is 0 Å². The molecule has 0 spiro atoms. The first-order valence-electron chi connectivity index (χ1n) is 17.3. The molecule has 53 heavy (non-hydrogen) atoms. The summed E-state index contributed by atoms with van der Waals surface area (Å²) in [6.07, 6.45) is -0.766. The Balaban J connectivity index is 0.000000258. The molecular formula is C40H46ClF3N4O5. The quantitative estimate of drug-likeness (QED) is 0.133. The Labute approximate surface area is 314 Å². The number of halogens is 4. The molecule has 5 rings (SSSR count). The van der Waals surface area contributed by atoms with Gasteiger partial charge in [-0.2, -0.15) is 13.2 Å². The van der Waals surface area contributed by atoms with E-state index in [0.29, 0.717) is 42.6 Å². The number of rotatable bonds is 14. The Morgan fingerprint density at radius 3 is 1.92 bits per heavy atom. The fraction of sp³-hybridized carbons (Fsp3) is 0.350. The van der Waals surface area contributed by atoms with Gasteiger partial charge in [0.05, 0.1) is 22.3 Å². The fourth-order valence-corrected chi connectivity index (χ4v) is 5.55. The smallest absolute Gasteiger partial charge is 0.417 e. The van der Waals surface area contributed by atoms with E-state index < -0.39 is 22.7 Å². The molecule has 0 radical (unpaired) electrons. The predicted octanol–water partition coefficient (Wildman–Crippen LogP) is 8.75. The molecule has 4 aromatic carbocycles. The van der Waals surface area contributed by atoms with Crippen LogP contribution in [0.3, 0.4) is 0 Å². The van der Waals surface area contributed by atoms with Crippen molar-refractivity contribution in [3.05, 3.63) is 113 Å². The molecule has 1 aliphatic rings. The van der Waals surface area contributed by atoms with Crippen LogP contribution in [0.1, 0.15) is 52.0 Å². The van der Waals surface area contributed by atoms with Crippen molar-refractivity contribution in [2.24, 2.45) is 0 Å².